The first-order valence-electron chi connectivity index (χ1n) is 8.17. The molecule has 0 aliphatic rings. The van der Waals surface area contributed by atoms with Crippen LogP contribution >= 0.6 is 11.3 Å². The summed E-state index contributed by atoms with van der Waals surface area (Å²) in [5.74, 6) is 0. The lowest BCUT2D eigenvalue weighted by molar-refractivity contribution is 1.08. The van der Waals surface area contributed by atoms with Gasteiger partial charge in [-0.05, 0) is 24.1 Å². The zero-order valence-corrected chi connectivity index (χ0v) is 14.6. The number of imidazole rings is 1. The largest absolute Gasteiger partial charge is 0.285 e. The highest BCUT2D eigenvalue weighted by Crippen LogP contribution is 2.33. The molecule has 1 aromatic carbocycles. The molecule has 25 heavy (non-hydrogen) atoms. The Kier molecular flexibility index (Phi) is 4.04. The predicted molar refractivity (Wildman–Crippen MR) is 100 cm³/mol. The second kappa shape index (κ2) is 6.50. The average Bonchev–Trinajstić information content (AvgIpc) is 3.23. The van der Waals surface area contributed by atoms with E-state index in [1.54, 1.807) is 17.5 Å². The second-order valence-electron chi connectivity index (χ2n) is 5.77. The van der Waals surface area contributed by atoms with Crippen LogP contribution in [0.2, 0.25) is 0 Å². The van der Waals surface area contributed by atoms with E-state index < -0.39 is 0 Å². The summed E-state index contributed by atoms with van der Waals surface area (Å²) < 4.78 is 2.09. The smallest absolute Gasteiger partial charge is 0.194 e. The van der Waals surface area contributed by atoms with Crippen LogP contribution in [0.3, 0.4) is 0 Å². The number of aromatic nitrogens is 3. The number of pyridine rings is 1. The maximum atomic E-state index is 9.35. The summed E-state index contributed by atoms with van der Waals surface area (Å²) in [5.41, 5.74) is 6.22. The molecule has 0 saturated heterocycles. The van der Waals surface area contributed by atoms with Gasteiger partial charge in [-0.15, -0.1) is 11.3 Å². The van der Waals surface area contributed by atoms with Crippen LogP contribution in [0.25, 0.3) is 27.5 Å². The van der Waals surface area contributed by atoms with Crippen molar-refractivity contribution in [2.75, 3.05) is 0 Å². The number of nitrogens with zero attached hydrogens (tertiary/aromatic N) is 4. The summed E-state index contributed by atoms with van der Waals surface area (Å²) in [5, 5.41) is 11.4. The van der Waals surface area contributed by atoms with Crippen molar-refractivity contribution in [1.82, 2.24) is 14.4 Å². The van der Waals surface area contributed by atoms with Crippen LogP contribution in [0.4, 0.5) is 0 Å². The fourth-order valence-electron chi connectivity index (χ4n) is 3.00. The molecule has 0 atom stereocenters. The second-order valence-corrected chi connectivity index (χ2v) is 6.61. The molecule has 0 saturated carbocycles. The molecule has 4 aromatic rings. The Hall–Kier alpha value is -2.97. The Balaban J connectivity index is 1.92. The van der Waals surface area contributed by atoms with E-state index in [9.17, 15) is 5.26 Å². The van der Waals surface area contributed by atoms with E-state index in [1.807, 2.05) is 18.3 Å². The zero-order valence-electron chi connectivity index (χ0n) is 13.8. The van der Waals surface area contributed by atoms with Crippen molar-refractivity contribution in [3.63, 3.8) is 0 Å². The molecule has 5 heteroatoms. The minimum Gasteiger partial charge on any atom is -0.285 e. The average molecular weight is 344 g/mol. The van der Waals surface area contributed by atoms with Gasteiger partial charge < -0.3 is 0 Å². The topological polar surface area (TPSA) is 54.0 Å². The fraction of sp³-hybridized carbons (Fsp3) is 0.150. The molecule has 4 rings (SSSR count). The fourth-order valence-corrected chi connectivity index (χ4v) is 3.92. The number of rotatable bonds is 4. The highest BCUT2D eigenvalue weighted by Gasteiger charge is 2.18. The summed E-state index contributed by atoms with van der Waals surface area (Å²) in [6.45, 7) is 2.14. The number of fused-ring (bicyclic) bond motifs is 1. The number of nitriles is 1. The van der Waals surface area contributed by atoms with Gasteiger partial charge in [0.2, 0.25) is 0 Å². The van der Waals surface area contributed by atoms with Crippen molar-refractivity contribution in [2.45, 2.75) is 19.8 Å². The highest BCUT2D eigenvalue weighted by molar-refractivity contribution is 7.15. The standard InChI is InChI=1S/C20H16N4S/c1-2-14-5-7-15(8-6-14)19-17(9-10-21)24-18(13-25-20(24)23-19)16-4-3-11-22-12-16/h3-8,11-13H,2,9H2,1H3. The molecule has 3 aromatic heterocycles. The monoisotopic (exact) mass is 344 g/mol. The summed E-state index contributed by atoms with van der Waals surface area (Å²) >= 11 is 1.59. The molecular weight excluding hydrogens is 328 g/mol. The van der Waals surface area contributed by atoms with E-state index in [-0.39, 0.29) is 0 Å². The van der Waals surface area contributed by atoms with Gasteiger partial charge in [-0.25, -0.2) is 4.98 Å². The van der Waals surface area contributed by atoms with Crippen LogP contribution in [0.15, 0.2) is 54.2 Å². The van der Waals surface area contributed by atoms with Gasteiger partial charge in [-0.3, -0.25) is 9.38 Å². The third kappa shape index (κ3) is 2.71. The summed E-state index contributed by atoms with van der Waals surface area (Å²) in [6.07, 6.45) is 4.93. The Morgan fingerprint density at radius 2 is 2.00 bits per heavy atom. The first-order chi connectivity index (χ1) is 12.3. The molecule has 0 unspecified atom stereocenters. The van der Waals surface area contributed by atoms with Gasteiger partial charge in [0.1, 0.15) is 0 Å². The van der Waals surface area contributed by atoms with Crippen LogP contribution in [-0.4, -0.2) is 14.4 Å². The van der Waals surface area contributed by atoms with Crippen LogP contribution in [0.5, 0.6) is 0 Å². The first-order valence-corrected chi connectivity index (χ1v) is 9.05. The van der Waals surface area contributed by atoms with Crippen molar-refractivity contribution in [3.05, 3.63) is 65.4 Å². The quantitative estimate of drug-likeness (QED) is 0.537. The molecule has 3 heterocycles. The van der Waals surface area contributed by atoms with Gasteiger partial charge in [-0.2, -0.15) is 5.26 Å². The summed E-state index contributed by atoms with van der Waals surface area (Å²) in [4.78, 5) is 9.93. The van der Waals surface area contributed by atoms with Crippen molar-refractivity contribution in [2.24, 2.45) is 0 Å². The Bertz CT molecular complexity index is 1050. The highest BCUT2D eigenvalue weighted by atomic mass is 32.1. The van der Waals surface area contributed by atoms with Gasteiger partial charge in [0.25, 0.3) is 0 Å². The Morgan fingerprint density at radius 1 is 1.16 bits per heavy atom. The molecule has 0 amide bonds. The molecule has 0 spiro atoms. The predicted octanol–water partition coefficient (Wildman–Crippen LogP) is 4.75. The molecule has 0 fully saturated rings. The van der Waals surface area contributed by atoms with Crippen LogP contribution in [0, 0.1) is 11.3 Å². The lowest BCUT2D eigenvalue weighted by Crippen LogP contribution is -1.95. The van der Waals surface area contributed by atoms with Crippen LogP contribution in [0.1, 0.15) is 18.2 Å². The number of aryl methyl sites for hydroxylation is 1. The van der Waals surface area contributed by atoms with E-state index in [1.165, 1.54) is 5.56 Å². The lowest BCUT2D eigenvalue weighted by atomic mass is 10.1. The van der Waals surface area contributed by atoms with E-state index in [0.29, 0.717) is 6.42 Å². The number of hydrogen-bond donors (Lipinski definition) is 0. The maximum absolute atomic E-state index is 9.35. The van der Waals surface area contributed by atoms with Crippen molar-refractivity contribution < 1.29 is 0 Å². The minimum atomic E-state index is 0.316. The van der Waals surface area contributed by atoms with Crippen LogP contribution < -0.4 is 0 Å². The number of thiazole rings is 1. The van der Waals surface area contributed by atoms with Gasteiger partial charge >= 0.3 is 0 Å². The molecule has 122 valence electrons. The van der Waals surface area contributed by atoms with Crippen LogP contribution in [-0.2, 0) is 12.8 Å². The van der Waals surface area contributed by atoms with Crippen molar-refractivity contribution in [1.29, 1.82) is 5.26 Å². The molecule has 0 aliphatic heterocycles. The van der Waals surface area contributed by atoms with E-state index in [4.69, 9.17) is 4.98 Å². The normalized spacial score (nSPS) is 10.9. The Labute approximate surface area is 150 Å². The van der Waals surface area contributed by atoms with Gasteiger partial charge in [-0.1, -0.05) is 31.2 Å². The van der Waals surface area contributed by atoms with Gasteiger partial charge in [0.15, 0.2) is 4.96 Å². The molecular formula is C20H16N4S. The van der Waals surface area contributed by atoms with E-state index in [0.717, 1.165) is 39.6 Å². The minimum absolute atomic E-state index is 0.316. The number of hydrogen-bond acceptors (Lipinski definition) is 4. The third-order valence-corrected chi connectivity index (χ3v) is 5.12. The zero-order chi connectivity index (χ0) is 17.2. The Morgan fingerprint density at radius 3 is 2.68 bits per heavy atom. The maximum Gasteiger partial charge on any atom is 0.194 e. The SMILES string of the molecule is CCc1ccc(-c2nc3scc(-c4cccnc4)n3c2CC#N)cc1. The molecule has 0 radical (unpaired) electrons. The molecule has 0 N–H and O–H groups in total. The van der Waals surface area contributed by atoms with Gasteiger partial charge in [0, 0.05) is 28.9 Å². The summed E-state index contributed by atoms with van der Waals surface area (Å²) in [7, 11) is 0. The molecule has 0 bridgehead atoms. The lowest BCUT2D eigenvalue weighted by Gasteiger charge is -2.05. The first kappa shape index (κ1) is 15.6. The van der Waals surface area contributed by atoms with E-state index >= 15 is 0 Å². The van der Waals surface area contributed by atoms with E-state index in [2.05, 4.69) is 52.0 Å². The molecule has 4 nitrogen and oxygen atoms in total. The third-order valence-electron chi connectivity index (χ3n) is 4.30. The van der Waals surface area contributed by atoms with Gasteiger partial charge in [0.05, 0.1) is 29.6 Å². The molecule has 0 aliphatic carbocycles. The summed E-state index contributed by atoms with van der Waals surface area (Å²) in [6, 6.07) is 14.7. The van der Waals surface area contributed by atoms with Crippen molar-refractivity contribution in [3.8, 4) is 28.6 Å². The number of benzene rings is 1. The van der Waals surface area contributed by atoms with Crippen molar-refractivity contribution >= 4 is 16.3 Å².